The molecule has 0 spiro atoms. The van der Waals surface area contributed by atoms with Crippen molar-refractivity contribution >= 4 is 19.7 Å². The van der Waals surface area contributed by atoms with Crippen LogP contribution in [0.15, 0.2) is 48.6 Å². The van der Waals surface area contributed by atoms with Crippen molar-refractivity contribution < 1.29 is 37.3 Å². The van der Waals surface area contributed by atoms with Gasteiger partial charge in [-0.3, -0.25) is 14.2 Å². The molecule has 0 bridgehead atoms. The highest BCUT2D eigenvalue weighted by molar-refractivity contribution is 7.45. The van der Waals surface area contributed by atoms with Crippen molar-refractivity contribution in [1.82, 2.24) is 5.32 Å². The molecule has 0 saturated carbocycles. The number of unbranched alkanes of at least 4 members (excludes halogenated alkanes) is 36. The number of ether oxygens (including phenoxy) is 1. The summed E-state index contributed by atoms with van der Waals surface area (Å²) in [6, 6.07) is -0.893. The van der Waals surface area contributed by atoms with E-state index in [1.165, 1.54) is 180 Å². The average molecular weight is 1080 g/mol. The predicted octanol–water partition coefficient (Wildman–Crippen LogP) is 19.0. The highest BCUT2D eigenvalue weighted by atomic mass is 31.2. The summed E-state index contributed by atoms with van der Waals surface area (Å²) in [5, 5.41) is 3.03. The van der Waals surface area contributed by atoms with Crippen LogP contribution in [0.1, 0.15) is 303 Å². The number of rotatable bonds is 58. The summed E-state index contributed by atoms with van der Waals surface area (Å²) in [7, 11) is 1.18. The van der Waals surface area contributed by atoms with Gasteiger partial charge in [0, 0.05) is 12.8 Å². The van der Waals surface area contributed by atoms with Crippen molar-refractivity contribution in [3.63, 3.8) is 0 Å². The first-order valence-electron chi connectivity index (χ1n) is 31.9. The van der Waals surface area contributed by atoms with Crippen molar-refractivity contribution in [1.29, 1.82) is 0 Å². The molecule has 3 unspecified atom stereocenters. The lowest BCUT2D eigenvalue weighted by molar-refractivity contribution is -0.870. The summed E-state index contributed by atoms with van der Waals surface area (Å²) >= 11 is 0. The highest BCUT2D eigenvalue weighted by Crippen LogP contribution is 2.38. The monoisotopic (exact) mass is 1070 g/mol. The molecule has 0 rings (SSSR count). The lowest BCUT2D eigenvalue weighted by Gasteiger charge is -2.30. The molecule has 75 heavy (non-hydrogen) atoms. The number of likely N-dealkylation sites (N-methyl/N-ethyl adjacent to an activating group) is 1. The predicted molar refractivity (Wildman–Crippen MR) is 321 cm³/mol. The van der Waals surface area contributed by atoms with E-state index >= 15 is 0 Å². The summed E-state index contributed by atoms with van der Waals surface area (Å²) in [6.45, 7) is 6.83. The molecule has 3 atom stereocenters. The second-order valence-electron chi connectivity index (χ2n) is 22.9. The van der Waals surface area contributed by atoms with Crippen molar-refractivity contribution in [2.75, 3.05) is 40.9 Å². The summed E-state index contributed by atoms with van der Waals surface area (Å²) in [4.78, 5) is 40.0. The SMILES string of the molecule is CCCCC/C=C\C/C=C\C/C=C\CCCCCCCCC(=O)NC(COP(=O)([O-])OCC[N+](C)(C)C)C(/C=C/CCCCCCCCCCC)OC(=O)CCCCCCCCCCCCCCCCCCCCC. The number of phosphoric ester groups is 1. The number of allylic oxidation sites excluding steroid dienone is 7. The van der Waals surface area contributed by atoms with Crippen LogP contribution in [0.25, 0.3) is 0 Å². The van der Waals surface area contributed by atoms with Gasteiger partial charge in [0.05, 0.1) is 33.8 Å². The molecule has 0 aromatic rings. The molecule has 9 nitrogen and oxygen atoms in total. The third-order valence-electron chi connectivity index (χ3n) is 14.3. The maximum Gasteiger partial charge on any atom is 0.306 e. The van der Waals surface area contributed by atoms with Crippen LogP contribution in [0.3, 0.4) is 0 Å². The Hall–Kier alpha value is -2.03. The molecule has 440 valence electrons. The molecular formula is C65H123N2O7P. The first-order valence-corrected chi connectivity index (χ1v) is 33.4. The molecule has 1 amide bonds. The van der Waals surface area contributed by atoms with Gasteiger partial charge in [0.25, 0.3) is 7.82 Å². The second kappa shape index (κ2) is 55.3. The zero-order valence-electron chi connectivity index (χ0n) is 50.3. The van der Waals surface area contributed by atoms with Gasteiger partial charge in [0.2, 0.25) is 5.91 Å². The van der Waals surface area contributed by atoms with Crippen LogP contribution < -0.4 is 10.2 Å². The van der Waals surface area contributed by atoms with E-state index in [0.717, 1.165) is 89.9 Å². The van der Waals surface area contributed by atoms with Gasteiger partial charge in [-0.25, -0.2) is 0 Å². The molecule has 0 aliphatic rings. The molecule has 0 saturated heterocycles. The number of esters is 1. The standard InChI is InChI=1S/C65H123N2O7P/c1-7-10-13-16-19-22-25-27-29-31-33-35-37-39-42-45-48-51-54-57-64(68)66-62(61-73-75(70,71)72-60-59-67(4,5)6)63(56-53-50-47-44-41-24-21-18-15-12-9-3)74-65(69)58-55-52-49-46-43-40-38-36-34-32-30-28-26-23-20-17-14-11-8-2/h19,22,27,29,33,35,53,56,62-63H,7-18,20-21,23-26,28,30-32,34,36-52,54-55,57-61H2,1-6H3,(H-,66,68,70,71)/b22-19-,29-27-,35-33-,56-53+. The van der Waals surface area contributed by atoms with Crippen LogP contribution >= 0.6 is 7.82 Å². The topological polar surface area (TPSA) is 114 Å². The third kappa shape index (κ3) is 56.5. The number of amides is 1. The number of phosphoric acid groups is 1. The molecule has 0 aromatic carbocycles. The Morgan fingerprint density at radius 3 is 1.24 bits per heavy atom. The molecule has 0 aliphatic heterocycles. The first-order chi connectivity index (χ1) is 36.4. The zero-order chi connectivity index (χ0) is 55.0. The fourth-order valence-electron chi connectivity index (χ4n) is 9.29. The van der Waals surface area contributed by atoms with Gasteiger partial charge in [-0.15, -0.1) is 0 Å². The van der Waals surface area contributed by atoms with Gasteiger partial charge >= 0.3 is 5.97 Å². The largest absolute Gasteiger partial charge is 0.756 e. The van der Waals surface area contributed by atoms with Gasteiger partial charge < -0.3 is 28.5 Å². The number of nitrogens with one attached hydrogen (secondary N) is 1. The van der Waals surface area contributed by atoms with Crippen LogP contribution in [-0.2, 0) is 27.9 Å². The number of carbonyl (C=O) groups is 2. The molecule has 0 aromatic heterocycles. The normalized spacial score (nSPS) is 14.0. The van der Waals surface area contributed by atoms with Crippen LogP contribution in [0.5, 0.6) is 0 Å². The molecule has 0 aliphatic carbocycles. The minimum absolute atomic E-state index is 0.0241. The van der Waals surface area contributed by atoms with E-state index < -0.39 is 26.6 Å². The maximum atomic E-state index is 13.5. The molecule has 0 radical (unpaired) electrons. The number of hydrogen-bond donors (Lipinski definition) is 1. The molecule has 0 heterocycles. The van der Waals surface area contributed by atoms with Crippen molar-refractivity contribution in [3.05, 3.63) is 48.6 Å². The van der Waals surface area contributed by atoms with Crippen molar-refractivity contribution in [3.8, 4) is 0 Å². The number of hydrogen-bond acceptors (Lipinski definition) is 7. The Morgan fingerprint density at radius 2 is 0.813 bits per heavy atom. The third-order valence-corrected chi connectivity index (χ3v) is 15.2. The van der Waals surface area contributed by atoms with Gasteiger partial charge in [-0.05, 0) is 70.3 Å². The van der Waals surface area contributed by atoms with E-state index in [-0.39, 0.29) is 24.9 Å². The average Bonchev–Trinajstić information content (AvgIpc) is 3.37. The maximum absolute atomic E-state index is 13.5. The number of nitrogens with zero attached hydrogens (tertiary/aromatic N) is 1. The summed E-state index contributed by atoms with van der Waals surface area (Å²) in [6.07, 6.45) is 67.9. The van der Waals surface area contributed by atoms with Crippen molar-refractivity contribution in [2.45, 2.75) is 315 Å². The Bertz CT molecular complexity index is 1420. The second-order valence-corrected chi connectivity index (χ2v) is 24.3. The van der Waals surface area contributed by atoms with Gasteiger partial charge in [-0.1, -0.05) is 269 Å². The molecule has 1 N–H and O–H groups in total. The summed E-state index contributed by atoms with van der Waals surface area (Å²) < 4.78 is 30.3. The van der Waals surface area contributed by atoms with Crippen LogP contribution in [0, 0.1) is 0 Å². The zero-order valence-corrected chi connectivity index (χ0v) is 51.2. The fourth-order valence-corrected chi connectivity index (χ4v) is 10.0. The Balaban J connectivity index is 5.19. The van der Waals surface area contributed by atoms with E-state index in [1.54, 1.807) is 0 Å². The van der Waals surface area contributed by atoms with E-state index in [4.69, 9.17) is 13.8 Å². The number of quaternary nitrogens is 1. The van der Waals surface area contributed by atoms with Crippen LogP contribution in [0.2, 0.25) is 0 Å². The number of carbonyl (C=O) groups excluding carboxylic acids is 2. The van der Waals surface area contributed by atoms with Gasteiger partial charge in [-0.2, -0.15) is 0 Å². The van der Waals surface area contributed by atoms with E-state index in [0.29, 0.717) is 17.4 Å². The Morgan fingerprint density at radius 1 is 0.467 bits per heavy atom. The lowest BCUT2D eigenvalue weighted by atomic mass is 10.0. The first kappa shape index (κ1) is 73.0. The van der Waals surface area contributed by atoms with E-state index in [1.807, 2.05) is 33.3 Å². The lowest BCUT2D eigenvalue weighted by Crippen LogP contribution is -2.47. The highest BCUT2D eigenvalue weighted by Gasteiger charge is 2.27. The summed E-state index contributed by atoms with van der Waals surface area (Å²) in [5.74, 6) is -0.545. The minimum atomic E-state index is -4.70. The Labute approximate surface area is 465 Å². The van der Waals surface area contributed by atoms with Gasteiger partial charge in [0.15, 0.2) is 0 Å². The van der Waals surface area contributed by atoms with Crippen molar-refractivity contribution in [2.24, 2.45) is 0 Å². The van der Waals surface area contributed by atoms with Gasteiger partial charge in [0.1, 0.15) is 19.3 Å². The molecule has 0 fully saturated rings. The van der Waals surface area contributed by atoms with Crippen LogP contribution in [0.4, 0.5) is 0 Å². The molecule has 10 heteroatoms. The van der Waals surface area contributed by atoms with E-state index in [2.05, 4.69) is 62.5 Å². The minimum Gasteiger partial charge on any atom is -0.756 e. The summed E-state index contributed by atoms with van der Waals surface area (Å²) in [5.41, 5.74) is 0. The Kier molecular flexibility index (Phi) is 53.8. The fraction of sp³-hybridized carbons (Fsp3) is 0.846. The smallest absolute Gasteiger partial charge is 0.306 e. The quantitative estimate of drug-likeness (QED) is 0.0212. The van der Waals surface area contributed by atoms with E-state index in [9.17, 15) is 19.0 Å². The van der Waals surface area contributed by atoms with Crippen LogP contribution in [-0.4, -0.2) is 69.4 Å². The molecular weight excluding hydrogens is 952 g/mol.